The number of aliphatic hydroxyl groups excluding tert-OH is 2. The second kappa shape index (κ2) is 7.97. The van der Waals surface area contributed by atoms with Gasteiger partial charge in [0.15, 0.2) is 11.6 Å². The Kier molecular flexibility index (Phi) is 5.93. The monoisotopic (exact) mass is 429 g/mol. The molecule has 0 aliphatic heterocycles. The molecule has 1 aliphatic carbocycles. The number of halogens is 3. The molecule has 0 radical (unpaired) electrons. The molecule has 158 valence electrons. The quantitative estimate of drug-likeness (QED) is 0.602. The molecule has 0 bridgehead atoms. The third-order valence-corrected chi connectivity index (χ3v) is 7.42. The van der Waals surface area contributed by atoms with Crippen LogP contribution >= 0.6 is 0 Å². The van der Waals surface area contributed by atoms with Gasteiger partial charge in [-0.05, 0) is 55.5 Å². The van der Waals surface area contributed by atoms with Gasteiger partial charge in [0.05, 0.1) is 23.1 Å². The summed E-state index contributed by atoms with van der Waals surface area (Å²) in [5.74, 6) is -3.04. The summed E-state index contributed by atoms with van der Waals surface area (Å²) < 4.78 is 69.2. The number of benzene rings is 2. The van der Waals surface area contributed by atoms with E-state index < -0.39 is 44.9 Å². The Bertz CT molecular complexity index is 1020. The molecule has 0 saturated heterocycles. The van der Waals surface area contributed by atoms with Gasteiger partial charge < -0.3 is 10.2 Å². The summed E-state index contributed by atoms with van der Waals surface area (Å²) in [6, 6.07) is 6.20. The van der Waals surface area contributed by atoms with Gasteiger partial charge in [-0.15, -0.1) is 0 Å². The van der Waals surface area contributed by atoms with Crippen LogP contribution in [0.15, 0.2) is 30.3 Å². The van der Waals surface area contributed by atoms with Gasteiger partial charge in [-0.1, -0.05) is 12.1 Å². The van der Waals surface area contributed by atoms with Gasteiger partial charge in [-0.2, -0.15) is 0 Å². The fourth-order valence-electron chi connectivity index (χ4n) is 3.32. The van der Waals surface area contributed by atoms with Crippen molar-refractivity contribution in [1.29, 1.82) is 0 Å². The molecule has 2 aromatic carbocycles. The number of hydrogen-bond donors (Lipinski definition) is 3. The van der Waals surface area contributed by atoms with Crippen molar-refractivity contribution in [3.05, 3.63) is 64.5 Å². The first-order chi connectivity index (χ1) is 13.6. The molecule has 1 atom stereocenters. The highest BCUT2D eigenvalue weighted by atomic mass is 32.2. The fourth-order valence-corrected chi connectivity index (χ4v) is 5.06. The molecule has 3 rings (SSSR count). The minimum Gasteiger partial charge on any atom is -0.394 e. The lowest BCUT2D eigenvalue weighted by molar-refractivity contribution is 0.0858. The number of rotatable bonds is 8. The van der Waals surface area contributed by atoms with Gasteiger partial charge in [0, 0.05) is 12.0 Å². The molecule has 1 unspecified atom stereocenters. The van der Waals surface area contributed by atoms with Crippen LogP contribution in [0.3, 0.4) is 0 Å². The molecule has 3 N–H and O–H groups in total. The normalized spacial score (nSPS) is 16.5. The highest BCUT2D eigenvalue weighted by Crippen LogP contribution is 2.48. The standard InChI is InChI=1S/C20H22F3NO4S/c1-12-2-3-13(17(22)8-12)9-15-18(5-4-16(21)19(15)23)24-29(27,28)20(6-7-20)10-14(26)11-25/h2-5,8,14,24-26H,6-7,9-11H2,1H3. The van der Waals surface area contributed by atoms with Crippen LogP contribution in [0.5, 0.6) is 0 Å². The van der Waals surface area contributed by atoms with E-state index in [1.54, 1.807) is 13.0 Å². The Morgan fingerprint density at radius 2 is 1.83 bits per heavy atom. The van der Waals surface area contributed by atoms with Crippen LogP contribution < -0.4 is 4.72 Å². The van der Waals surface area contributed by atoms with E-state index in [0.29, 0.717) is 5.56 Å². The van der Waals surface area contributed by atoms with Crippen molar-refractivity contribution >= 4 is 15.7 Å². The summed E-state index contributed by atoms with van der Waals surface area (Å²) in [4.78, 5) is 0. The summed E-state index contributed by atoms with van der Waals surface area (Å²) in [5, 5.41) is 18.7. The maximum Gasteiger partial charge on any atom is 0.238 e. The van der Waals surface area contributed by atoms with Crippen molar-refractivity contribution in [3.63, 3.8) is 0 Å². The minimum atomic E-state index is -4.07. The van der Waals surface area contributed by atoms with Crippen molar-refractivity contribution in [2.24, 2.45) is 0 Å². The van der Waals surface area contributed by atoms with Crippen LogP contribution in [-0.4, -0.2) is 36.1 Å². The first-order valence-corrected chi connectivity index (χ1v) is 10.6. The van der Waals surface area contributed by atoms with E-state index in [9.17, 15) is 26.7 Å². The molecule has 1 fully saturated rings. The molecular formula is C20H22F3NO4S. The number of nitrogens with one attached hydrogen (secondary N) is 1. The molecule has 1 saturated carbocycles. The smallest absolute Gasteiger partial charge is 0.238 e. The molecule has 1 aliphatic rings. The van der Waals surface area contributed by atoms with E-state index in [4.69, 9.17) is 5.11 Å². The maximum atomic E-state index is 14.5. The summed E-state index contributed by atoms with van der Waals surface area (Å²) in [7, 11) is -4.07. The molecule has 5 nitrogen and oxygen atoms in total. The van der Waals surface area contributed by atoms with Gasteiger partial charge in [-0.3, -0.25) is 4.72 Å². The van der Waals surface area contributed by atoms with E-state index in [2.05, 4.69) is 4.72 Å². The number of aliphatic hydroxyl groups is 2. The van der Waals surface area contributed by atoms with Crippen LogP contribution in [0.25, 0.3) is 0 Å². The summed E-state index contributed by atoms with van der Waals surface area (Å²) in [5.41, 5.74) is 0.255. The largest absolute Gasteiger partial charge is 0.394 e. The molecule has 0 spiro atoms. The number of anilines is 1. The van der Waals surface area contributed by atoms with Crippen LogP contribution in [0, 0.1) is 24.4 Å². The first-order valence-electron chi connectivity index (χ1n) is 9.12. The van der Waals surface area contributed by atoms with E-state index >= 15 is 0 Å². The van der Waals surface area contributed by atoms with E-state index in [-0.39, 0.29) is 42.5 Å². The Morgan fingerprint density at radius 3 is 2.41 bits per heavy atom. The number of sulfonamides is 1. The predicted molar refractivity (Wildman–Crippen MR) is 103 cm³/mol. The Morgan fingerprint density at radius 1 is 1.14 bits per heavy atom. The summed E-state index contributed by atoms with van der Waals surface area (Å²) in [6.45, 7) is 1.10. The maximum absolute atomic E-state index is 14.5. The molecular weight excluding hydrogens is 407 g/mol. The van der Waals surface area contributed by atoms with Crippen LogP contribution in [0.2, 0.25) is 0 Å². The molecule has 29 heavy (non-hydrogen) atoms. The van der Waals surface area contributed by atoms with E-state index in [1.165, 1.54) is 12.1 Å². The third kappa shape index (κ3) is 4.41. The van der Waals surface area contributed by atoms with Crippen LogP contribution in [-0.2, 0) is 16.4 Å². The minimum absolute atomic E-state index is 0.0948. The highest BCUT2D eigenvalue weighted by Gasteiger charge is 2.55. The fraction of sp³-hybridized carbons (Fsp3) is 0.400. The zero-order valence-corrected chi connectivity index (χ0v) is 16.6. The van der Waals surface area contributed by atoms with Crippen molar-refractivity contribution in [2.45, 2.75) is 43.5 Å². The van der Waals surface area contributed by atoms with Crippen molar-refractivity contribution in [1.82, 2.24) is 0 Å². The highest BCUT2D eigenvalue weighted by molar-refractivity contribution is 7.94. The topological polar surface area (TPSA) is 86.6 Å². The second-order valence-corrected chi connectivity index (χ2v) is 9.57. The van der Waals surface area contributed by atoms with Crippen molar-refractivity contribution in [2.75, 3.05) is 11.3 Å². The average Bonchev–Trinajstić information content (AvgIpc) is 3.44. The Balaban J connectivity index is 1.95. The van der Waals surface area contributed by atoms with Gasteiger partial charge >= 0.3 is 0 Å². The molecule has 9 heteroatoms. The molecule has 0 heterocycles. The average molecular weight is 429 g/mol. The van der Waals surface area contributed by atoms with Gasteiger partial charge in [0.25, 0.3) is 0 Å². The van der Waals surface area contributed by atoms with Crippen molar-refractivity contribution in [3.8, 4) is 0 Å². The Labute approximate surface area is 167 Å². The molecule has 0 aromatic heterocycles. The van der Waals surface area contributed by atoms with Gasteiger partial charge in [0.2, 0.25) is 10.0 Å². The van der Waals surface area contributed by atoms with Gasteiger partial charge in [0.1, 0.15) is 5.82 Å². The SMILES string of the molecule is Cc1ccc(Cc2c(NS(=O)(=O)C3(CC(O)CO)CC3)ccc(F)c2F)c(F)c1. The Hall–Kier alpha value is -2.10. The third-order valence-electron chi connectivity index (χ3n) is 5.21. The molecule has 2 aromatic rings. The van der Waals surface area contributed by atoms with Crippen LogP contribution in [0.1, 0.15) is 36.0 Å². The zero-order chi connectivity index (χ0) is 21.4. The van der Waals surface area contributed by atoms with E-state index in [1.807, 2.05) is 0 Å². The lowest BCUT2D eigenvalue weighted by Crippen LogP contribution is -2.34. The van der Waals surface area contributed by atoms with Gasteiger partial charge in [-0.25, -0.2) is 21.6 Å². The van der Waals surface area contributed by atoms with Crippen molar-refractivity contribution < 1.29 is 31.8 Å². The molecule has 0 amide bonds. The van der Waals surface area contributed by atoms with Crippen LogP contribution in [0.4, 0.5) is 18.9 Å². The second-order valence-electron chi connectivity index (χ2n) is 7.49. The van der Waals surface area contributed by atoms with E-state index in [0.717, 1.165) is 12.1 Å². The lowest BCUT2D eigenvalue weighted by atomic mass is 10.0. The summed E-state index contributed by atoms with van der Waals surface area (Å²) in [6.07, 6.45) is -1.19. The first kappa shape index (κ1) is 21.6. The lowest BCUT2D eigenvalue weighted by Gasteiger charge is -2.21. The zero-order valence-electron chi connectivity index (χ0n) is 15.8. The number of aryl methyl sites for hydroxylation is 1. The predicted octanol–water partition coefficient (Wildman–Crippen LogP) is 3.02. The summed E-state index contributed by atoms with van der Waals surface area (Å²) >= 11 is 0. The number of hydrogen-bond acceptors (Lipinski definition) is 4.